The van der Waals surface area contributed by atoms with Crippen molar-refractivity contribution in [3.8, 4) is 6.07 Å². The Morgan fingerprint density at radius 3 is 2.50 bits per heavy atom. The number of hydrogen-bond donors (Lipinski definition) is 1. The van der Waals surface area contributed by atoms with E-state index in [-0.39, 0.29) is 22.6 Å². The van der Waals surface area contributed by atoms with Gasteiger partial charge >= 0.3 is 5.97 Å². The number of carboxylic acids is 1. The van der Waals surface area contributed by atoms with Gasteiger partial charge in [-0.15, -0.1) is 0 Å². The van der Waals surface area contributed by atoms with Crippen molar-refractivity contribution in [1.29, 1.82) is 5.26 Å². The number of carboxylic acid groups (broad SMARTS) is 1. The quantitative estimate of drug-likeness (QED) is 0.900. The van der Waals surface area contributed by atoms with Gasteiger partial charge in [-0.3, -0.25) is 0 Å². The highest BCUT2D eigenvalue weighted by Gasteiger charge is 2.23. The lowest BCUT2D eigenvalue weighted by Crippen LogP contribution is -2.16. The predicted molar refractivity (Wildman–Crippen MR) is 74.2 cm³/mol. The van der Waals surface area contributed by atoms with Gasteiger partial charge in [-0.2, -0.15) is 5.26 Å². The summed E-state index contributed by atoms with van der Waals surface area (Å²) < 4.78 is 24.4. The van der Waals surface area contributed by atoms with E-state index in [4.69, 9.17) is 10.4 Å². The molecule has 0 amide bonds. The van der Waals surface area contributed by atoms with E-state index >= 15 is 0 Å². The lowest BCUT2D eigenvalue weighted by atomic mass is 9.93. The topological polar surface area (TPSA) is 95.2 Å². The smallest absolute Gasteiger partial charge is 0.335 e. The number of nitrogens with zero attached hydrogens (tertiary/aromatic N) is 1. The van der Waals surface area contributed by atoms with Crippen LogP contribution in [0.1, 0.15) is 36.2 Å². The number of nitriles is 1. The zero-order valence-corrected chi connectivity index (χ0v) is 12.5. The largest absolute Gasteiger partial charge is 0.478 e. The van der Waals surface area contributed by atoms with E-state index in [0.717, 1.165) is 0 Å². The summed E-state index contributed by atoms with van der Waals surface area (Å²) in [6, 6.07) is 6.10. The van der Waals surface area contributed by atoms with Crippen LogP contribution in [0, 0.1) is 23.7 Å². The fourth-order valence-electron chi connectivity index (χ4n) is 1.59. The molecule has 1 aromatic carbocycles. The second-order valence-corrected chi connectivity index (χ2v) is 7.46. The third-order valence-corrected chi connectivity index (χ3v) is 4.81. The van der Waals surface area contributed by atoms with Gasteiger partial charge in [0, 0.05) is 0 Å². The predicted octanol–water partition coefficient (Wildman–Crippen LogP) is 2.41. The third kappa shape index (κ3) is 3.81. The summed E-state index contributed by atoms with van der Waals surface area (Å²) in [4.78, 5) is 11.0. The van der Waals surface area contributed by atoms with Crippen LogP contribution in [-0.2, 0) is 9.84 Å². The standard InChI is InChI=1S/C14H17NO4S/c1-10-4-5-11(8-12(10)13(16)17)20(18,19)7-6-14(2,3)9-15/h4-5,8H,6-7H2,1-3H3,(H,16,17). The molecular weight excluding hydrogens is 278 g/mol. The number of sulfone groups is 1. The summed E-state index contributed by atoms with van der Waals surface area (Å²) in [5.74, 6) is -1.34. The molecule has 0 spiro atoms. The van der Waals surface area contributed by atoms with Crippen LogP contribution in [0.25, 0.3) is 0 Å². The number of rotatable bonds is 5. The van der Waals surface area contributed by atoms with Crippen molar-refractivity contribution in [3.63, 3.8) is 0 Å². The Labute approximate surface area is 118 Å². The van der Waals surface area contributed by atoms with E-state index in [9.17, 15) is 13.2 Å². The van der Waals surface area contributed by atoms with Crippen molar-refractivity contribution in [2.75, 3.05) is 5.75 Å². The van der Waals surface area contributed by atoms with Crippen molar-refractivity contribution in [2.45, 2.75) is 32.1 Å². The minimum Gasteiger partial charge on any atom is -0.478 e. The SMILES string of the molecule is Cc1ccc(S(=O)(=O)CCC(C)(C)C#N)cc1C(=O)O. The minimum absolute atomic E-state index is 0.0192. The molecule has 0 aromatic heterocycles. The molecule has 1 N–H and O–H groups in total. The molecule has 108 valence electrons. The number of hydrogen-bond acceptors (Lipinski definition) is 4. The van der Waals surface area contributed by atoms with Crippen LogP contribution in [0.5, 0.6) is 0 Å². The van der Waals surface area contributed by atoms with Gasteiger partial charge in [0.1, 0.15) is 0 Å². The van der Waals surface area contributed by atoms with Gasteiger partial charge in [-0.1, -0.05) is 6.07 Å². The summed E-state index contributed by atoms with van der Waals surface area (Å²) in [6.45, 7) is 4.94. The van der Waals surface area contributed by atoms with Crippen molar-refractivity contribution in [2.24, 2.45) is 5.41 Å². The van der Waals surface area contributed by atoms with E-state index in [2.05, 4.69) is 0 Å². The van der Waals surface area contributed by atoms with Gasteiger partial charge in [0.15, 0.2) is 9.84 Å². The first-order valence-corrected chi connectivity index (χ1v) is 7.72. The molecule has 1 rings (SSSR count). The normalized spacial score (nSPS) is 11.9. The lowest BCUT2D eigenvalue weighted by Gasteiger charge is -2.15. The molecule has 0 saturated carbocycles. The maximum Gasteiger partial charge on any atom is 0.335 e. The van der Waals surface area contributed by atoms with Gasteiger partial charge in [0.25, 0.3) is 0 Å². The van der Waals surface area contributed by atoms with Crippen LogP contribution in [-0.4, -0.2) is 25.2 Å². The molecule has 0 fully saturated rings. The molecule has 0 bridgehead atoms. The lowest BCUT2D eigenvalue weighted by molar-refractivity contribution is 0.0696. The maximum atomic E-state index is 12.2. The number of aryl methyl sites for hydroxylation is 1. The van der Waals surface area contributed by atoms with Crippen molar-refractivity contribution in [1.82, 2.24) is 0 Å². The van der Waals surface area contributed by atoms with Crippen LogP contribution in [0.15, 0.2) is 23.1 Å². The molecule has 0 aliphatic carbocycles. The second kappa shape index (κ2) is 5.63. The zero-order chi connectivity index (χ0) is 15.6. The highest BCUT2D eigenvalue weighted by atomic mass is 32.2. The molecule has 0 atom stereocenters. The highest BCUT2D eigenvalue weighted by molar-refractivity contribution is 7.91. The number of benzene rings is 1. The van der Waals surface area contributed by atoms with Gasteiger partial charge in [-0.25, -0.2) is 13.2 Å². The molecular formula is C14H17NO4S. The summed E-state index contributed by atoms with van der Waals surface area (Å²) >= 11 is 0. The van der Waals surface area contributed by atoms with Gasteiger partial charge in [-0.05, 0) is 44.9 Å². The monoisotopic (exact) mass is 295 g/mol. The first-order valence-electron chi connectivity index (χ1n) is 6.07. The summed E-state index contributed by atoms with van der Waals surface area (Å²) in [5, 5.41) is 17.9. The maximum absolute atomic E-state index is 12.2. The molecule has 0 heterocycles. The fraction of sp³-hybridized carbons (Fsp3) is 0.429. The summed E-state index contributed by atoms with van der Waals surface area (Å²) in [5.41, 5.74) is -0.243. The van der Waals surface area contributed by atoms with Crippen LogP contribution in [0.3, 0.4) is 0 Å². The molecule has 0 aliphatic heterocycles. The summed E-state index contributed by atoms with van der Waals surface area (Å²) in [7, 11) is -3.59. The molecule has 5 nitrogen and oxygen atoms in total. The molecule has 0 radical (unpaired) electrons. The third-order valence-electron chi connectivity index (χ3n) is 3.10. The Kier molecular flexibility index (Phi) is 4.56. The van der Waals surface area contributed by atoms with Crippen LogP contribution in [0.2, 0.25) is 0 Å². The van der Waals surface area contributed by atoms with E-state index in [1.54, 1.807) is 20.8 Å². The minimum atomic E-state index is -3.59. The Hall–Kier alpha value is -1.87. The first kappa shape index (κ1) is 16.2. The Morgan fingerprint density at radius 2 is 2.00 bits per heavy atom. The average molecular weight is 295 g/mol. The van der Waals surface area contributed by atoms with Gasteiger partial charge in [0.2, 0.25) is 0 Å². The first-order chi connectivity index (χ1) is 9.09. The van der Waals surface area contributed by atoms with E-state index in [1.165, 1.54) is 18.2 Å². The van der Waals surface area contributed by atoms with Crippen LogP contribution >= 0.6 is 0 Å². The van der Waals surface area contributed by atoms with Gasteiger partial charge < -0.3 is 5.11 Å². The molecule has 0 aliphatic rings. The molecule has 1 aromatic rings. The van der Waals surface area contributed by atoms with E-state index in [1.807, 2.05) is 6.07 Å². The molecule has 0 saturated heterocycles. The van der Waals surface area contributed by atoms with Crippen molar-refractivity contribution >= 4 is 15.8 Å². The number of carbonyl (C=O) groups is 1. The Balaban J connectivity index is 3.09. The number of aromatic carboxylic acids is 1. The highest BCUT2D eigenvalue weighted by Crippen LogP contribution is 2.23. The fourth-order valence-corrected chi connectivity index (χ4v) is 3.18. The van der Waals surface area contributed by atoms with Crippen molar-refractivity contribution < 1.29 is 18.3 Å². The van der Waals surface area contributed by atoms with Gasteiger partial charge in [0.05, 0.1) is 27.7 Å². The van der Waals surface area contributed by atoms with E-state index < -0.39 is 21.2 Å². The van der Waals surface area contributed by atoms with E-state index in [0.29, 0.717) is 5.56 Å². The van der Waals surface area contributed by atoms with Crippen LogP contribution in [0.4, 0.5) is 0 Å². The zero-order valence-electron chi connectivity index (χ0n) is 11.7. The van der Waals surface area contributed by atoms with Crippen molar-refractivity contribution in [3.05, 3.63) is 29.3 Å². The molecule has 0 unspecified atom stereocenters. The summed E-state index contributed by atoms with van der Waals surface area (Å²) in [6.07, 6.45) is 0.197. The Bertz CT molecular complexity index is 669. The average Bonchev–Trinajstić information content (AvgIpc) is 2.36. The van der Waals surface area contributed by atoms with Crippen LogP contribution < -0.4 is 0 Å². The Morgan fingerprint density at radius 1 is 1.40 bits per heavy atom. The molecule has 20 heavy (non-hydrogen) atoms. The second-order valence-electron chi connectivity index (χ2n) is 5.35. The molecule has 6 heteroatoms.